The van der Waals surface area contributed by atoms with Crippen molar-refractivity contribution >= 4 is 167 Å². The molecule has 38 heteroatoms. The summed E-state index contributed by atoms with van der Waals surface area (Å²) in [4.78, 5) is 101. The molecule has 4 aromatic carbocycles. The summed E-state index contributed by atoms with van der Waals surface area (Å²) >= 11 is 9.39. The highest BCUT2D eigenvalue weighted by atomic mass is 79.9. The monoisotopic (exact) mass is 1770 g/mol. The Labute approximate surface area is 696 Å². The fraction of sp³-hybridized carbons (Fsp3) is 0.447. The average molecular weight is 1770 g/mol. The van der Waals surface area contributed by atoms with Gasteiger partial charge in [-0.2, -0.15) is 20.0 Å². The van der Waals surface area contributed by atoms with Crippen molar-refractivity contribution in [1.82, 2.24) is 40.0 Å². The maximum Gasteiger partial charge on any atom is 0.410 e. The van der Waals surface area contributed by atoms with Crippen molar-refractivity contribution in [2.24, 2.45) is 20.0 Å². The molecular weight excluding hydrogens is 1670 g/mol. The molecule has 0 radical (unpaired) electrons. The number of rotatable bonds is 7. The maximum absolute atomic E-state index is 13.1. The zero-order chi connectivity index (χ0) is 83.6. The number of aliphatic hydroxyl groups is 3. The van der Waals surface area contributed by atoms with E-state index in [1.807, 2.05) is 59.6 Å². The number of aromatic hydroxyl groups is 4. The minimum Gasteiger partial charge on any atom is -0.507 e. The number of carbonyl (C=O) groups is 6. The van der Waals surface area contributed by atoms with Gasteiger partial charge in [-0.1, -0.05) is 27.7 Å². The van der Waals surface area contributed by atoms with Gasteiger partial charge in [0.15, 0.2) is 15.5 Å². The van der Waals surface area contributed by atoms with Gasteiger partial charge < -0.3 is 80.4 Å². The van der Waals surface area contributed by atoms with Crippen LogP contribution in [0.4, 0.5) is 27.2 Å². The summed E-state index contributed by atoms with van der Waals surface area (Å²) in [6.07, 6.45) is 7.36. The first-order chi connectivity index (χ1) is 53.4. The summed E-state index contributed by atoms with van der Waals surface area (Å²) in [6, 6.07) is 15.4. The Hall–Kier alpha value is -7.66. The van der Waals surface area contributed by atoms with E-state index in [1.54, 1.807) is 15.9 Å². The second-order valence-corrected chi connectivity index (χ2v) is 33.6. The number of hydrogen-bond donors (Lipinski definition) is 9. The molecule has 0 saturated carbocycles. The molecule has 114 heavy (non-hydrogen) atoms. The van der Waals surface area contributed by atoms with E-state index in [9.17, 15) is 66.8 Å². The van der Waals surface area contributed by atoms with Gasteiger partial charge in [-0.15, -0.1) is 24.2 Å². The fourth-order valence-corrected chi connectivity index (χ4v) is 15.6. The number of carbonyl (C=O) groups excluding carboxylic acids is 6. The number of nitrogens with zero attached hydrogens (tertiary/aromatic N) is 10. The number of aliphatic imine (C=N–C) groups is 4. The Morgan fingerprint density at radius 1 is 0.526 bits per heavy atom. The molecule has 6 amide bonds. The highest BCUT2D eigenvalue weighted by molar-refractivity contribution is 9.09. The number of piperazine rings is 4. The molecule has 8 aliphatic rings. The highest BCUT2D eigenvalue weighted by Gasteiger charge is 2.37. The Morgan fingerprint density at radius 2 is 0.886 bits per heavy atom. The van der Waals surface area contributed by atoms with E-state index in [4.69, 9.17) is 24.8 Å². The standard InChI is InChI=1S/C20H24FN3O4S.C17H20FN3O3S.C15H16FN3O2S.C11H8FNO2S2.C10H20N2O2.C2H5BrO.CH4O.ClH/c1-12-11-23(19(27)28-20(2,3)4)7-8-24(12)18-22-17(26)16(29-18)9-13-5-6-14(21)10-15(13)25;1-11-10-20(6-7-22)4-5-21(11)17-19-16(24)15(25-17)8-12-2-3-13(18)9-14(12)23;1-9-8-17-4-5-19(9)15-18-14(21)13(22-15)6-10-2-3-11(16)7-12(10)20;1-16-11-13-10(15)9(17-11)4-6-2-3-7(12)5-8(6)14;1-8-7-12(6-5-11-8)9(13)14-10(2,3)4;3-1-2-4;1-2;/h5-6,9-10,12,25H,7-8,11H2,1-4H3;2-3,8-9,11,22-23H,4-7,10H2,1H3;2-3,6-7,9,17,20H,4-5,8H2,1H3;2-5,14H,1H3;8,11H,5-7H2,1-4H3;4H,1-2H2;2H,1H3;1H/b16-9-;15-8-;13-6-;9-4-;;;;/t12-;11-;9-;;8-;;;/m000.0.../s1. The number of nitrogens with one attached hydrogen (secondary N) is 2. The predicted octanol–water partition coefficient (Wildman–Crippen LogP) is 11.2. The van der Waals surface area contributed by atoms with Gasteiger partial charge >= 0.3 is 12.2 Å². The van der Waals surface area contributed by atoms with E-state index in [2.05, 4.69) is 82.0 Å². The molecule has 27 nitrogen and oxygen atoms in total. The lowest BCUT2D eigenvalue weighted by molar-refractivity contribution is -0.114. The van der Waals surface area contributed by atoms with Crippen LogP contribution in [0.15, 0.2) is 112 Å². The Balaban J connectivity index is 0.000000254. The molecule has 4 saturated heterocycles. The van der Waals surface area contributed by atoms with Crippen molar-refractivity contribution in [3.05, 3.63) is 138 Å². The number of amidine groups is 3. The van der Waals surface area contributed by atoms with Crippen LogP contribution in [-0.2, 0) is 28.7 Å². The lowest BCUT2D eigenvalue weighted by Crippen LogP contribution is -2.55. The Bertz CT molecular complexity index is 4300. The van der Waals surface area contributed by atoms with Gasteiger partial charge in [-0.05, 0) is 184 Å². The maximum atomic E-state index is 13.1. The zero-order valence-electron chi connectivity index (χ0n) is 65.1. The third-order valence-corrected chi connectivity index (χ3v) is 21.9. The van der Waals surface area contributed by atoms with Gasteiger partial charge in [-0.3, -0.25) is 24.1 Å². The summed E-state index contributed by atoms with van der Waals surface area (Å²) < 4.78 is 63.4. The van der Waals surface area contributed by atoms with E-state index in [1.165, 1.54) is 126 Å². The molecule has 9 N–H and O–H groups in total. The van der Waals surface area contributed by atoms with Crippen molar-refractivity contribution < 1.29 is 91.5 Å². The van der Waals surface area contributed by atoms with Crippen molar-refractivity contribution in [1.29, 1.82) is 0 Å². The quantitative estimate of drug-likeness (QED) is 0.0471. The molecule has 624 valence electrons. The number of β-amino-alcohol motifs (C(OH)–C–C–N with tert-alkyl or cyclic N) is 1. The Kier molecular flexibility index (Phi) is 39.4. The summed E-state index contributed by atoms with van der Waals surface area (Å²) in [5, 5.41) is 71.9. The van der Waals surface area contributed by atoms with Gasteiger partial charge in [0, 0.05) is 168 Å². The molecule has 4 aromatic rings. The van der Waals surface area contributed by atoms with Crippen molar-refractivity contribution in [2.75, 3.05) is 117 Å². The number of hydrogen-bond acceptors (Lipinski definition) is 26. The van der Waals surface area contributed by atoms with Gasteiger partial charge in [0.1, 0.15) is 61.8 Å². The van der Waals surface area contributed by atoms with E-state index >= 15 is 0 Å². The topological polar surface area (TPSA) is 355 Å². The van der Waals surface area contributed by atoms with Crippen LogP contribution in [-0.4, -0.2) is 273 Å². The van der Waals surface area contributed by atoms with Crippen molar-refractivity contribution in [2.45, 2.75) is 105 Å². The normalized spacial score (nSPS) is 21.1. The largest absolute Gasteiger partial charge is 0.507 e. The third kappa shape index (κ3) is 30.4. The average Bonchev–Trinajstić information content (AvgIpc) is 1.00. The number of phenols is 4. The van der Waals surface area contributed by atoms with Gasteiger partial charge in [0.25, 0.3) is 23.6 Å². The van der Waals surface area contributed by atoms with E-state index in [0.717, 1.165) is 90.3 Å². The van der Waals surface area contributed by atoms with Crippen LogP contribution in [0.2, 0.25) is 0 Å². The molecule has 0 unspecified atom stereocenters. The highest BCUT2D eigenvalue weighted by Crippen LogP contribution is 2.38. The molecule has 0 aliphatic carbocycles. The molecule has 8 aliphatic heterocycles. The van der Waals surface area contributed by atoms with E-state index < -0.39 is 40.4 Å². The molecule has 0 aromatic heterocycles. The first-order valence-electron chi connectivity index (χ1n) is 35.7. The van der Waals surface area contributed by atoms with Gasteiger partial charge in [0.05, 0.1) is 32.8 Å². The number of phenolic OH excluding ortho intramolecular Hbond substituents is 4. The minimum absolute atomic E-state index is 0. The van der Waals surface area contributed by atoms with Crippen LogP contribution < -0.4 is 10.6 Å². The molecule has 0 spiro atoms. The number of amides is 6. The van der Waals surface area contributed by atoms with Crippen LogP contribution in [0.5, 0.6) is 23.0 Å². The summed E-state index contributed by atoms with van der Waals surface area (Å²) in [5.74, 6) is -4.36. The van der Waals surface area contributed by atoms with Crippen LogP contribution in [0.25, 0.3) is 24.3 Å². The lowest BCUT2D eigenvalue weighted by atomic mass is 10.2. The smallest absolute Gasteiger partial charge is 0.410 e. The molecular formula is C76H98BrClF4N12O15S5. The molecule has 8 heterocycles. The number of aliphatic hydroxyl groups excluding tert-OH is 3. The number of benzene rings is 4. The molecule has 4 atom stereocenters. The second kappa shape index (κ2) is 46.3. The van der Waals surface area contributed by atoms with Crippen LogP contribution in [0.1, 0.15) is 91.5 Å². The SMILES string of the molecule is CO.CSC1=NC(=O)/C(=C/c2ccc(F)cc2O)S1.C[C@H]1CN(C(=O)OC(C)(C)C)CCN1.C[C@H]1CN(C(=O)OC(C)(C)C)CCN1C1=NC(=O)/C(=C/c2ccc(F)cc2O)S1.C[C@H]1CN(CCO)CCN1C1=NC(=O)/C(=C/c2ccc(F)cc2O)S1.C[C@H]1CNCCN1C1=NC(=O)/C(=C/c2ccc(F)cc2O)S1.Cl.OCCBr. The molecule has 0 bridgehead atoms. The van der Waals surface area contributed by atoms with Crippen LogP contribution in [0.3, 0.4) is 0 Å². The first-order valence-corrected chi connectivity index (χ1v) is 41.3. The summed E-state index contributed by atoms with van der Waals surface area (Å²) in [6.45, 7) is 28.9. The summed E-state index contributed by atoms with van der Waals surface area (Å²) in [5.41, 5.74) is 0.587. The number of halogens is 6. The van der Waals surface area contributed by atoms with Gasteiger partial charge in [0.2, 0.25) is 0 Å². The van der Waals surface area contributed by atoms with Crippen molar-refractivity contribution in [3.63, 3.8) is 0 Å². The summed E-state index contributed by atoms with van der Waals surface area (Å²) in [7, 11) is 1.00. The first kappa shape index (κ1) is 96.9. The van der Waals surface area contributed by atoms with E-state index in [-0.39, 0.29) is 96.7 Å². The third-order valence-electron chi connectivity index (χ3n) is 16.5. The van der Waals surface area contributed by atoms with Crippen LogP contribution >= 0.6 is 87.1 Å². The minimum atomic E-state index is -0.555. The van der Waals surface area contributed by atoms with Crippen LogP contribution in [0, 0.1) is 23.3 Å². The number of ether oxygens (including phenoxy) is 2. The number of thioether (sulfide) groups is 5. The Morgan fingerprint density at radius 3 is 1.21 bits per heavy atom. The number of alkyl halides is 1. The van der Waals surface area contributed by atoms with Crippen molar-refractivity contribution in [3.8, 4) is 23.0 Å². The fourth-order valence-electron chi connectivity index (χ4n) is 11.1. The predicted molar refractivity (Wildman–Crippen MR) is 452 cm³/mol. The zero-order valence-corrected chi connectivity index (χ0v) is 71.6. The second-order valence-electron chi connectivity index (χ2n) is 27.7. The van der Waals surface area contributed by atoms with Gasteiger partial charge in [-0.25, -0.2) is 27.2 Å². The van der Waals surface area contributed by atoms with E-state index in [0.29, 0.717) is 99.3 Å². The lowest BCUT2D eigenvalue weighted by Gasteiger charge is -2.40. The molecule has 12 rings (SSSR count). The molecule has 4 fully saturated rings.